The molecule has 0 bridgehead atoms. The van der Waals surface area contributed by atoms with E-state index in [1.807, 2.05) is 4.57 Å². The lowest BCUT2D eigenvalue weighted by atomic mass is 10.3. The molecular weight excluding hydrogens is 388 g/mol. The van der Waals surface area contributed by atoms with Gasteiger partial charge in [0.2, 0.25) is 5.91 Å². The number of hydrogen-bond donors (Lipinski definition) is 1. The number of rotatable bonds is 7. The molecular formula is C16H20N6O3S2. The van der Waals surface area contributed by atoms with Gasteiger partial charge in [-0.25, -0.2) is 14.8 Å². The quantitative estimate of drug-likeness (QED) is 0.593. The monoisotopic (exact) mass is 408 g/mol. The van der Waals surface area contributed by atoms with Gasteiger partial charge in [-0.15, -0.1) is 11.3 Å². The van der Waals surface area contributed by atoms with E-state index in [1.54, 1.807) is 18.6 Å². The van der Waals surface area contributed by atoms with Crippen LogP contribution in [0.3, 0.4) is 0 Å². The van der Waals surface area contributed by atoms with Gasteiger partial charge >= 0.3 is 5.69 Å². The van der Waals surface area contributed by atoms with E-state index >= 15 is 0 Å². The summed E-state index contributed by atoms with van der Waals surface area (Å²) in [4.78, 5) is 45.5. The van der Waals surface area contributed by atoms with Crippen LogP contribution in [0.15, 0.2) is 26.3 Å². The minimum Gasteiger partial charge on any atom is -0.313 e. The molecule has 9 nitrogen and oxygen atoms in total. The minimum atomic E-state index is -0.425. The van der Waals surface area contributed by atoms with Crippen molar-refractivity contribution in [2.45, 2.75) is 31.5 Å². The number of nitrogens with one attached hydrogen (secondary N) is 1. The summed E-state index contributed by atoms with van der Waals surface area (Å²) >= 11 is 2.58. The van der Waals surface area contributed by atoms with Crippen LogP contribution in [-0.2, 0) is 25.4 Å². The molecule has 3 rings (SSSR count). The second kappa shape index (κ2) is 8.09. The van der Waals surface area contributed by atoms with Crippen molar-refractivity contribution in [3.05, 3.63) is 32.4 Å². The normalized spacial score (nSPS) is 11.2. The third kappa shape index (κ3) is 3.83. The number of anilines is 1. The Kier molecular flexibility index (Phi) is 5.80. The number of nitrogens with zero attached hydrogens (tertiary/aromatic N) is 5. The van der Waals surface area contributed by atoms with Crippen LogP contribution in [0.4, 0.5) is 5.13 Å². The van der Waals surface area contributed by atoms with Crippen LogP contribution in [-0.4, -0.2) is 35.3 Å². The van der Waals surface area contributed by atoms with Gasteiger partial charge in [0, 0.05) is 32.2 Å². The molecule has 0 atom stereocenters. The SMILES string of the molecule is CCCCn1c(SCC(=O)Nc2nccs2)nc2c1c(=O)n(C)c(=O)n2C. The summed E-state index contributed by atoms with van der Waals surface area (Å²) in [6, 6.07) is 0. The van der Waals surface area contributed by atoms with Gasteiger partial charge in [0.05, 0.1) is 5.75 Å². The van der Waals surface area contributed by atoms with E-state index in [0.29, 0.717) is 28.0 Å². The largest absolute Gasteiger partial charge is 0.332 e. The molecule has 0 saturated heterocycles. The Morgan fingerprint density at radius 1 is 1.30 bits per heavy atom. The highest BCUT2D eigenvalue weighted by Crippen LogP contribution is 2.23. The van der Waals surface area contributed by atoms with Gasteiger partial charge in [-0.05, 0) is 6.42 Å². The minimum absolute atomic E-state index is 0.128. The topological polar surface area (TPSA) is 104 Å². The van der Waals surface area contributed by atoms with Crippen molar-refractivity contribution in [2.24, 2.45) is 14.1 Å². The van der Waals surface area contributed by atoms with Crippen molar-refractivity contribution in [2.75, 3.05) is 11.1 Å². The molecule has 11 heteroatoms. The molecule has 3 aromatic heterocycles. The third-order valence-corrected chi connectivity index (χ3v) is 5.72. The first-order valence-electron chi connectivity index (χ1n) is 8.42. The highest BCUT2D eigenvalue weighted by Gasteiger charge is 2.20. The number of unbranched alkanes of at least 4 members (excludes halogenated alkanes) is 1. The van der Waals surface area contributed by atoms with Gasteiger partial charge in [-0.3, -0.25) is 18.7 Å². The number of imidazole rings is 1. The Bertz CT molecular complexity index is 1080. The first kappa shape index (κ1) is 19.4. The number of hydrogen-bond acceptors (Lipinski definition) is 7. The maximum Gasteiger partial charge on any atom is 0.332 e. The number of fused-ring (bicyclic) bond motifs is 1. The Balaban J connectivity index is 1.95. The first-order chi connectivity index (χ1) is 12.9. The molecule has 3 aromatic rings. The van der Waals surface area contributed by atoms with Gasteiger partial charge in [-0.1, -0.05) is 25.1 Å². The number of carbonyl (C=O) groups excluding carboxylic acids is 1. The second-order valence-electron chi connectivity index (χ2n) is 5.95. The summed E-state index contributed by atoms with van der Waals surface area (Å²) in [7, 11) is 3.04. The fraction of sp³-hybridized carbons (Fsp3) is 0.438. The van der Waals surface area contributed by atoms with Gasteiger partial charge in [0.25, 0.3) is 5.56 Å². The molecule has 3 heterocycles. The van der Waals surface area contributed by atoms with Crippen molar-refractivity contribution < 1.29 is 4.79 Å². The number of carbonyl (C=O) groups is 1. The summed E-state index contributed by atoms with van der Waals surface area (Å²) in [5.41, 5.74) is -0.0839. The van der Waals surface area contributed by atoms with Crippen LogP contribution in [0.25, 0.3) is 11.2 Å². The summed E-state index contributed by atoms with van der Waals surface area (Å²) < 4.78 is 4.25. The van der Waals surface area contributed by atoms with E-state index < -0.39 is 5.69 Å². The molecule has 144 valence electrons. The van der Waals surface area contributed by atoms with Crippen molar-refractivity contribution >= 4 is 45.3 Å². The molecule has 0 aliphatic carbocycles. The number of aromatic nitrogens is 5. The second-order valence-corrected chi connectivity index (χ2v) is 7.79. The van der Waals surface area contributed by atoms with Crippen LogP contribution in [0, 0.1) is 0 Å². The number of amides is 1. The molecule has 0 aromatic carbocycles. The van der Waals surface area contributed by atoms with Crippen LogP contribution in [0.1, 0.15) is 19.8 Å². The smallest absolute Gasteiger partial charge is 0.313 e. The summed E-state index contributed by atoms with van der Waals surface area (Å²) in [6.07, 6.45) is 3.42. The van der Waals surface area contributed by atoms with E-state index in [1.165, 1.54) is 34.7 Å². The Hall–Kier alpha value is -2.40. The van der Waals surface area contributed by atoms with Crippen molar-refractivity contribution in [1.29, 1.82) is 0 Å². The molecule has 0 radical (unpaired) electrons. The van der Waals surface area contributed by atoms with Gasteiger partial charge in [0.15, 0.2) is 21.5 Å². The van der Waals surface area contributed by atoms with Crippen molar-refractivity contribution in [3.8, 4) is 0 Å². The average molecular weight is 409 g/mol. The predicted octanol–water partition coefficient (Wildman–Crippen LogP) is 1.42. The van der Waals surface area contributed by atoms with Crippen LogP contribution in [0.2, 0.25) is 0 Å². The van der Waals surface area contributed by atoms with Crippen molar-refractivity contribution in [3.63, 3.8) is 0 Å². The van der Waals surface area contributed by atoms with E-state index in [4.69, 9.17) is 0 Å². The van der Waals surface area contributed by atoms with Crippen LogP contribution < -0.4 is 16.6 Å². The van der Waals surface area contributed by atoms with E-state index in [0.717, 1.165) is 17.4 Å². The van der Waals surface area contributed by atoms with E-state index in [2.05, 4.69) is 22.2 Å². The van der Waals surface area contributed by atoms with Crippen LogP contribution in [0.5, 0.6) is 0 Å². The highest BCUT2D eigenvalue weighted by molar-refractivity contribution is 7.99. The molecule has 0 aliphatic rings. The molecule has 1 N–H and O–H groups in total. The molecule has 27 heavy (non-hydrogen) atoms. The first-order valence-corrected chi connectivity index (χ1v) is 10.3. The van der Waals surface area contributed by atoms with Gasteiger partial charge in [-0.2, -0.15) is 0 Å². The number of aryl methyl sites for hydroxylation is 2. The fourth-order valence-electron chi connectivity index (χ4n) is 2.63. The third-order valence-electron chi connectivity index (χ3n) is 4.06. The Labute approximate surface area is 163 Å². The van der Waals surface area contributed by atoms with Gasteiger partial charge in [0.1, 0.15) is 0 Å². The maximum atomic E-state index is 12.6. The average Bonchev–Trinajstić information content (AvgIpc) is 3.28. The Morgan fingerprint density at radius 2 is 2.07 bits per heavy atom. The zero-order chi connectivity index (χ0) is 19.6. The molecule has 0 saturated carbocycles. The molecule has 0 unspecified atom stereocenters. The number of thioether (sulfide) groups is 1. The van der Waals surface area contributed by atoms with Crippen LogP contribution >= 0.6 is 23.1 Å². The molecule has 1 amide bonds. The van der Waals surface area contributed by atoms with E-state index in [-0.39, 0.29) is 17.2 Å². The fourth-order valence-corrected chi connectivity index (χ4v) is 4.00. The lowest BCUT2D eigenvalue weighted by molar-refractivity contribution is -0.113. The zero-order valence-corrected chi connectivity index (χ0v) is 16.9. The predicted molar refractivity (Wildman–Crippen MR) is 107 cm³/mol. The maximum absolute atomic E-state index is 12.6. The summed E-state index contributed by atoms with van der Waals surface area (Å²) in [6.45, 7) is 2.65. The van der Waals surface area contributed by atoms with Gasteiger partial charge < -0.3 is 9.88 Å². The van der Waals surface area contributed by atoms with E-state index in [9.17, 15) is 14.4 Å². The number of thiazole rings is 1. The van der Waals surface area contributed by atoms with Crippen molar-refractivity contribution in [1.82, 2.24) is 23.7 Å². The lowest BCUT2D eigenvalue weighted by Crippen LogP contribution is -2.37. The molecule has 0 spiro atoms. The highest BCUT2D eigenvalue weighted by atomic mass is 32.2. The summed E-state index contributed by atoms with van der Waals surface area (Å²) in [5.74, 6) is -0.0747. The zero-order valence-electron chi connectivity index (χ0n) is 15.3. The lowest BCUT2D eigenvalue weighted by Gasteiger charge is -2.08. The standard InChI is InChI=1S/C16H20N6O3S2/c1-4-5-7-22-11-12(20(2)16(25)21(3)13(11)24)19-15(22)27-9-10(23)18-14-17-6-8-26-14/h6,8H,4-5,7,9H2,1-3H3,(H,17,18,23). The molecule has 0 fully saturated rings. The Morgan fingerprint density at radius 3 is 2.74 bits per heavy atom. The molecule has 0 aliphatic heterocycles. The summed E-state index contributed by atoms with van der Waals surface area (Å²) in [5, 5.41) is 5.59.